The smallest absolute Gasteiger partial charge is 0.332 e. The number of anilines is 4. The predicted octanol–water partition coefficient (Wildman–Crippen LogP) is 3.37. The maximum Gasteiger partial charge on any atom is 0.332 e. The standard InChI is InChI=1S/C17H17N5O/c1-21-16(11-12-19-21)20-17(23)22(14-5-3-2-4-6-14)15-9-7-13(18)8-10-15/h2-12H,18H2,1H3,(H,20,23). The molecule has 1 heterocycles. The summed E-state index contributed by atoms with van der Waals surface area (Å²) in [6, 6.07) is 18.0. The number of rotatable bonds is 3. The summed E-state index contributed by atoms with van der Waals surface area (Å²) in [5.74, 6) is 0.617. The highest BCUT2D eigenvalue weighted by molar-refractivity contribution is 6.06. The number of nitrogens with one attached hydrogen (secondary N) is 1. The van der Waals surface area contributed by atoms with Crippen LogP contribution in [0.15, 0.2) is 66.9 Å². The fraction of sp³-hybridized carbons (Fsp3) is 0.0588. The largest absolute Gasteiger partial charge is 0.399 e. The van der Waals surface area contributed by atoms with Crippen molar-refractivity contribution in [2.24, 2.45) is 7.05 Å². The van der Waals surface area contributed by atoms with Crippen LogP contribution in [0.3, 0.4) is 0 Å². The summed E-state index contributed by atoms with van der Waals surface area (Å²) in [5, 5.41) is 6.91. The molecule has 0 saturated carbocycles. The Balaban J connectivity index is 1.96. The average Bonchev–Trinajstić information content (AvgIpc) is 2.96. The fourth-order valence-electron chi connectivity index (χ4n) is 2.25. The van der Waals surface area contributed by atoms with Crippen LogP contribution in [0.25, 0.3) is 0 Å². The Morgan fingerprint density at radius 3 is 2.30 bits per heavy atom. The van der Waals surface area contributed by atoms with Gasteiger partial charge >= 0.3 is 6.03 Å². The van der Waals surface area contributed by atoms with E-state index in [1.54, 1.807) is 41.0 Å². The number of para-hydroxylation sites is 1. The highest BCUT2D eigenvalue weighted by Crippen LogP contribution is 2.27. The lowest BCUT2D eigenvalue weighted by atomic mass is 10.2. The molecule has 0 aliphatic heterocycles. The van der Waals surface area contributed by atoms with Gasteiger partial charge in [-0.3, -0.25) is 14.9 Å². The van der Waals surface area contributed by atoms with Gasteiger partial charge in [-0.05, 0) is 36.4 Å². The zero-order valence-corrected chi connectivity index (χ0v) is 12.7. The Labute approximate surface area is 134 Å². The van der Waals surface area contributed by atoms with E-state index in [1.807, 2.05) is 42.5 Å². The van der Waals surface area contributed by atoms with Crippen molar-refractivity contribution in [3.05, 3.63) is 66.9 Å². The SMILES string of the molecule is Cn1nccc1NC(=O)N(c1ccccc1)c1ccc(N)cc1. The molecule has 0 bridgehead atoms. The number of nitrogens with zero attached hydrogens (tertiary/aromatic N) is 3. The molecule has 6 nitrogen and oxygen atoms in total. The minimum atomic E-state index is -0.274. The first-order chi connectivity index (χ1) is 11.1. The van der Waals surface area contributed by atoms with Crippen LogP contribution in [0.5, 0.6) is 0 Å². The van der Waals surface area contributed by atoms with E-state index in [0.717, 1.165) is 11.4 Å². The van der Waals surface area contributed by atoms with Gasteiger partial charge < -0.3 is 5.73 Å². The number of hydrogen-bond acceptors (Lipinski definition) is 3. The van der Waals surface area contributed by atoms with Gasteiger partial charge in [0.25, 0.3) is 0 Å². The molecule has 0 radical (unpaired) electrons. The van der Waals surface area contributed by atoms with E-state index < -0.39 is 0 Å². The number of carbonyl (C=O) groups is 1. The number of aromatic nitrogens is 2. The fourth-order valence-corrected chi connectivity index (χ4v) is 2.25. The number of nitrogens with two attached hydrogens (primary N) is 1. The number of aryl methyl sites for hydroxylation is 1. The number of urea groups is 1. The Morgan fingerprint density at radius 1 is 1.04 bits per heavy atom. The third kappa shape index (κ3) is 3.16. The van der Waals surface area contributed by atoms with Crippen molar-refractivity contribution in [1.29, 1.82) is 0 Å². The van der Waals surface area contributed by atoms with Gasteiger partial charge in [-0.2, -0.15) is 5.10 Å². The van der Waals surface area contributed by atoms with Gasteiger partial charge in [0.1, 0.15) is 5.82 Å². The first kappa shape index (κ1) is 14.6. The van der Waals surface area contributed by atoms with E-state index in [2.05, 4.69) is 10.4 Å². The zero-order chi connectivity index (χ0) is 16.2. The van der Waals surface area contributed by atoms with Gasteiger partial charge in [-0.25, -0.2) is 4.79 Å². The van der Waals surface area contributed by atoms with Crippen LogP contribution in [0, 0.1) is 0 Å². The normalized spacial score (nSPS) is 10.3. The number of carbonyl (C=O) groups excluding carboxylic acids is 1. The Hall–Kier alpha value is -3.28. The minimum Gasteiger partial charge on any atom is -0.399 e. The molecule has 0 saturated heterocycles. The molecule has 2 aromatic carbocycles. The first-order valence-electron chi connectivity index (χ1n) is 7.15. The summed E-state index contributed by atoms with van der Waals surface area (Å²) >= 11 is 0. The second kappa shape index (κ2) is 6.23. The maximum atomic E-state index is 12.8. The van der Waals surface area contributed by atoms with Crippen LogP contribution in [0.2, 0.25) is 0 Å². The highest BCUT2D eigenvalue weighted by atomic mass is 16.2. The van der Waals surface area contributed by atoms with Crippen molar-refractivity contribution >= 4 is 28.9 Å². The van der Waals surface area contributed by atoms with Gasteiger partial charge in [0.2, 0.25) is 0 Å². The molecular formula is C17H17N5O. The maximum absolute atomic E-state index is 12.8. The van der Waals surface area contributed by atoms with Gasteiger partial charge in [0.05, 0.1) is 17.6 Å². The van der Waals surface area contributed by atoms with Crippen molar-refractivity contribution in [2.75, 3.05) is 16.0 Å². The summed E-state index contributed by atoms with van der Waals surface area (Å²) in [5.41, 5.74) is 7.88. The van der Waals surface area contributed by atoms with Crippen LogP contribution in [0.4, 0.5) is 27.7 Å². The first-order valence-corrected chi connectivity index (χ1v) is 7.15. The highest BCUT2D eigenvalue weighted by Gasteiger charge is 2.18. The molecule has 23 heavy (non-hydrogen) atoms. The molecule has 0 aliphatic rings. The molecule has 1 aromatic heterocycles. The lowest BCUT2D eigenvalue weighted by molar-refractivity contribution is 0.259. The van der Waals surface area contributed by atoms with E-state index in [0.29, 0.717) is 11.5 Å². The molecule has 2 amide bonds. The molecule has 0 fully saturated rings. The molecule has 3 aromatic rings. The van der Waals surface area contributed by atoms with Crippen molar-refractivity contribution < 1.29 is 4.79 Å². The number of benzene rings is 2. The molecular weight excluding hydrogens is 290 g/mol. The third-order valence-corrected chi connectivity index (χ3v) is 3.42. The van der Waals surface area contributed by atoms with Crippen LogP contribution < -0.4 is 16.0 Å². The van der Waals surface area contributed by atoms with Crippen LogP contribution in [-0.2, 0) is 7.05 Å². The van der Waals surface area contributed by atoms with Crippen LogP contribution >= 0.6 is 0 Å². The minimum absolute atomic E-state index is 0.274. The lowest BCUT2D eigenvalue weighted by Gasteiger charge is -2.23. The van der Waals surface area contributed by atoms with Crippen LogP contribution in [0.1, 0.15) is 0 Å². The van der Waals surface area contributed by atoms with Crippen molar-refractivity contribution in [2.45, 2.75) is 0 Å². The van der Waals surface area contributed by atoms with E-state index in [9.17, 15) is 4.79 Å². The predicted molar refractivity (Wildman–Crippen MR) is 91.7 cm³/mol. The topological polar surface area (TPSA) is 76.2 Å². The van der Waals surface area contributed by atoms with E-state index in [4.69, 9.17) is 5.73 Å². The monoisotopic (exact) mass is 307 g/mol. The summed E-state index contributed by atoms with van der Waals surface area (Å²) in [7, 11) is 1.77. The summed E-state index contributed by atoms with van der Waals surface area (Å²) in [6.45, 7) is 0. The summed E-state index contributed by atoms with van der Waals surface area (Å²) < 4.78 is 1.60. The average molecular weight is 307 g/mol. The van der Waals surface area contributed by atoms with Crippen molar-refractivity contribution in [3.8, 4) is 0 Å². The molecule has 0 spiro atoms. The number of hydrogen-bond donors (Lipinski definition) is 2. The Bertz CT molecular complexity index is 795. The third-order valence-electron chi connectivity index (χ3n) is 3.42. The molecule has 0 unspecified atom stereocenters. The Kier molecular flexibility index (Phi) is 3.97. The van der Waals surface area contributed by atoms with Gasteiger partial charge in [0, 0.05) is 18.8 Å². The summed E-state index contributed by atoms with van der Waals surface area (Å²) in [6.07, 6.45) is 1.63. The zero-order valence-electron chi connectivity index (χ0n) is 12.7. The van der Waals surface area contributed by atoms with Crippen molar-refractivity contribution in [1.82, 2.24) is 9.78 Å². The molecule has 3 rings (SSSR count). The molecule has 6 heteroatoms. The summed E-state index contributed by atoms with van der Waals surface area (Å²) in [4.78, 5) is 14.4. The Morgan fingerprint density at radius 2 is 1.70 bits per heavy atom. The lowest BCUT2D eigenvalue weighted by Crippen LogP contribution is -2.31. The van der Waals surface area contributed by atoms with E-state index in [-0.39, 0.29) is 6.03 Å². The molecule has 0 aliphatic carbocycles. The van der Waals surface area contributed by atoms with E-state index in [1.165, 1.54) is 0 Å². The van der Waals surface area contributed by atoms with Crippen molar-refractivity contribution in [3.63, 3.8) is 0 Å². The van der Waals surface area contributed by atoms with E-state index >= 15 is 0 Å². The number of nitrogen functional groups attached to an aromatic ring is 1. The van der Waals surface area contributed by atoms with Crippen LogP contribution in [-0.4, -0.2) is 15.8 Å². The molecule has 3 N–H and O–H groups in total. The quantitative estimate of drug-likeness (QED) is 0.728. The van der Waals surface area contributed by atoms with Gasteiger partial charge in [-0.1, -0.05) is 18.2 Å². The van der Waals surface area contributed by atoms with Gasteiger partial charge in [-0.15, -0.1) is 0 Å². The number of amides is 2. The van der Waals surface area contributed by atoms with Gasteiger partial charge in [0.15, 0.2) is 0 Å². The molecule has 116 valence electrons. The molecule has 0 atom stereocenters. The second-order valence-electron chi connectivity index (χ2n) is 5.03. The second-order valence-corrected chi connectivity index (χ2v) is 5.03.